The van der Waals surface area contributed by atoms with Gasteiger partial charge in [0, 0.05) is 28.6 Å². The van der Waals surface area contributed by atoms with E-state index in [-0.39, 0.29) is 36.4 Å². The summed E-state index contributed by atoms with van der Waals surface area (Å²) in [6.45, 7) is 5.32. The SMILES string of the molecule is CN(C)Cc1c(OC(=O)NCC(=O)OC(C)(C)C)ccc2nc3c(cc12)Cn1c-3cc2c(c1=O)COC(=O)[C@H]2O. The number of hydrogen-bond donors (Lipinski definition) is 2. The van der Waals surface area contributed by atoms with Gasteiger partial charge in [-0.1, -0.05) is 0 Å². The summed E-state index contributed by atoms with van der Waals surface area (Å²) >= 11 is 0. The number of cyclic esters (lactones) is 1. The number of aromatic nitrogens is 2. The lowest BCUT2D eigenvalue weighted by atomic mass is 10.00. The van der Waals surface area contributed by atoms with Gasteiger partial charge in [0.15, 0.2) is 6.10 Å². The zero-order chi connectivity index (χ0) is 28.9. The van der Waals surface area contributed by atoms with E-state index in [1.807, 2.05) is 25.1 Å². The van der Waals surface area contributed by atoms with E-state index in [1.54, 1.807) is 43.5 Å². The molecule has 40 heavy (non-hydrogen) atoms. The fourth-order valence-electron chi connectivity index (χ4n) is 4.87. The molecule has 4 heterocycles. The molecule has 12 heteroatoms. The summed E-state index contributed by atoms with van der Waals surface area (Å²) in [7, 11) is 3.75. The average Bonchev–Trinajstić information content (AvgIpc) is 3.22. The van der Waals surface area contributed by atoms with Crippen LogP contribution in [0.2, 0.25) is 0 Å². The minimum atomic E-state index is -1.53. The van der Waals surface area contributed by atoms with Crippen LogP contribution in [0.5, 0.6) is 5.75 Å². The maximum atomic E-state index is 13.2. The second-order valence-electron chi connectivity index (χ2n) is 11.0. The van der Waals surface area contributed by atoms with E-state index in [1.165, 1.54) is 0 Å². The molecule has 2 aromatic heterocycles. The number of ether oxygens (including phenoxy) is 3. The minimum absolute atomic E-state index is 0.195. The van der Waals surface area contributed by atoms with E-state index in [2.05, 4.69) is 5.32 Å². The summed E-state index contributed by atoms with van der Waals surface area (Å²) in [5.41, 5.74) is 2.59. The Hall–Kier alpha value is -4.29. The average molecular weight is 551 g/mol. The van der Waals surface area contributed by atoms with Gasteiger partial charge in [-0.05, 0) is 59.1 Å². The number of carbonyl (C=O) groups excluding carboxylic acids is 3. The van der Waals surface area contributed by atoms with Crippen LogP contribution in [0.4, 0.5) is 4.79 Å². The molecule has 1 aromatic carbocycles. The number of aliphatic hydroxyl groups is 1. The van der Waals surface area contributed by atoms with Gasteiger partial charge in [-0.2, -0.15) is 0 Å². The van der Waals surface area contributed by atoms with Gasteiger partial charge in [-0.3, -0.25) is 9.59 Å². The van der Waals surface area contributed by atoms with Gasteiger partial charge in [0.05, 0.1) is 29.0 Å². The molecule has 0 unspecified atom stereocenters. The zero-order valence-electron chi connectivity index (χ0n) is 22.9. The van der Waals surface area contributed by atoms with Gasteiger partial charge in [0.2, 0.25) is 0 Å². The first-order chi connectivity index (χ1) is 18.8. The van der Waals surface area contributed by atoms with Crippen LogP contribution in [-0.4, -0.2) is 63.8 Å². The number of amides is 1. The fourth-order valence-corrected chi connectivity index (χ4v) is 4.87. The number of rotatable bonds is 5. The molecular formula is C28H30N4O8. The van der Waals surface area contributed by atoms with Gasteiger partial charge in [-0.15, -0.1) is 0 Å². The van der Waals surface area contributed by atoms with Crippen LogP contribution >= 0.6 is 0 Å². The van der Waals surface area contributed by atoms with Crippen molar-refractivity contribution in [3.63, 3.8) is 0 Å². The van der Waals surface area contributed by atoms with Crippen molar-refractivity contribution in [2.75, 3.05) is 20.6 Å². The van der Waals surface area contributed by atoms with Gasteiger partial charge in [0.1, 0.15) is 24.5 Å². The molecule has 0 bridgehead atoms. The lowest BCUT2D eigenvalue weighted by Crippen LogP contribution is -2.36. The van der Waals surface area contributed by atoms with Crippen LogP contribution in [-0.2, 0) is 38.8 Å². The highest BCUT2D eigenvalue weighted by Crippen LogP contribution is 2.37. The fraction of sp³-hybridized carbons (Fsp3) is 0.393. The first kappa shape index (κ1) is 27.3. The van der Waals surface area contributed by atoms with E-state index in [0.29, 0.717) is 34.8 Å². The summed E-state index contributed by atoms with van der Waals surface area (Å²) in [6, 6.07) is 6.87. The number of nitrogens with one attached hydrogen (secondary N) is 1. The molecule has 5 rings (SSSR count). The van der Waals surface area contributed by atoms with Gasteiger partial charge < -0.3 is 34.1 Å². The smallest absolute Gasteiger partial charge is 0.413 e. The molecule has 3 aromatic rings. The molecule has 2 aliphatic heterocycles. The standard InChI is InChI=1S/C28H30N4O8/c1-28(2,3)40-22(33)10-29-27(37)39-21-7-6-19-15(17(21)12-31(4)5)8-14-11-32-20(23(14)30-19)9-16-18(25(32)35)13-38-26(36)24(16)34/h6-9,24,34H,10-13H2,1-5H3,(H,29,37)/t24-/m0/s1. The van der Waals surface area contributed by atoms with Crippen LogP contribution in [0.1, 0.15) is 49.1 Å². The largest absolute Gasteiger partial charge is 0.459 e. The molecule has 1 amide bonds. The molecule has 0 saturated carbocycles. The maximum absolute atomic E-state index is 13.2. The predicted molar refractivity (Wildman–Crippen MR) is 143 cm³/mol. The summed E-state index contributed by atoms with van der Waals surface area (Å²) in [6.07, 6.45) is -2.33. The van der Waals surface area contributed by atoms with Crippen LogP contribution < -0.4 is 15.6 Å². The third-order valence-electron chi connectivity index (χ3n) is 6.50. The van der Waals surface area contributed by atoms with E-state index in [9.17, 15) is 24.3 Å². The van der Waals surface area contributed by atoms with Gasteiger partial charge >= 0.3 is 18.0 Å². The third kappa shape index (κ3) is 5.15. The Morgan fingerprint density at radius 1 is 1.23 bits per heavy atom. The molecule has 2 N–H and O–H groups in total. The second kappa shape index (κ2) is 10.0. The Balaban J connectivity index is 1.49. The Labute approximate surface area is 229 Å². The minimum Gasteiger partial charge on any atom is -0.459 e. The van der Waals surface area contributed by atoms with Crippen molar-refractivity contribution >= 4 is 28.9 Å². The number of nitrogens with zero attached hydrogens (tertiary/aromatic N) is 3. The van der Waals surface area contributed by atoms with Crippen molar-refractivity contribution in [2.24, 2.45) is 0 Å². The monoisotopic (exact) mass is 550 g/mol. The van der Waals surface area contributed by atoms with Crippen LogP contribution in [0.15, 0.2) is 29.1 Å². The molecule has 210 valence electrons. The summed E-state index contributed by atoms with van der Waals surface area (Å²) in [4.78, 5) is 56.4. The molecule has 0 aliphatic carbocycles. The Morgan fingerprint density at radius 2 is 1.98 bits per heavy atom. The van der Waals surface area contributed by atoms with Crippen LogP contribution in [0.25, 0.3) is 22.3 Å². The number of esters is 2. The Morgan fingerprint density at radius 3 is 2.67 bits per heavy atom. The Bertz CT molecular complexity index is 1620. The highest BCUT2D eigenvalue weighted by molar-refractivity contribution is 5.90. The summed E-state index contributed by atoms with van der Waals surface area (Å²) in [5, 5.41) is 13.5. The van der Waals surface area contributed by atoms with Crippen molar-refractivity contribution in [2.45, 2.75) is 52.2 Å². The number of pyridine rings is 2. The molecule has 0 spiro atoms. The topological polar surface area (TPSA) is 149 Å². The third-order valence-corrected chi connectivity index (χ3v) is 6.50. The molecule has 12 nitrogen and oxygen atoms in total. The van der Waals surface area contributed by atoms with E-state index >= 15 is 0 Å². The summed E-state index contributed by atoms with van der Waals surface area (Å²) < 4.78 is 17.3. The van der Waals surface area contributed by atoms with Crippen LogP contribution in [0, 0.1) is 0 Å². The summed E-state index contributed by atoms with van der Waals surface area (Å²) in [5.74, 6) is -1.08. The van der Waals surface area contributed by atoms with E-state index in [4.69, 9.17) is 19.2 Å². The van der Waals surface area contributed by atoms with E-state index in [0.717, 1.165) is 10.9 Å². The van der Waals surface area contributed by atoms with Crippen molar-refractivity contribution in [1.82, 2.24) is 19.8 Å². The Kier molecular flexibility index (Phi) is 6.84. The molecule has 0 fully saturated rings. The van der Waals surface area contributed by atoms with Crippen LogP contribution in [0.3, 0.4) is 0 Å². The number of fused-ring (bicyclic) bond motifs is 5. The maximum Gasteiger partial charge on any atom is 0.413 e. The molecule has 2 aliphatic rings. The predicted octanol–water partition coefficient (Wildman–Crippen LogP) is 2.01. The lowest BCUT2D eigenvalue weighted by molar-refractivity contribution is -0.157. The second-order valence-corrected chi connectivity index (χ2v) is 11.0. The highest BCUT2D eigenvalue weighted by Gasteiger charge is 2.34. The van der Waals surface area contributed by atoms with Gasteiger partial charge in [0.25, 0.3) is 5.56 Å². The van der Waals surface area contributed by atoms with Crippen molar-refractivity contribution < 1.29 is 33.7 Å². The number of aliphatic hydroxyl groups excluding tert-OH is 1. The molecule has 1 atom stereocenters. The molecular weight excluding hydrogens is 520 g/mol. The van der Waals surface area contributed by atoms with E-state index < -0.39 is 29.7 Å². The van der Waals surface area contributed by atoms with Crippen molar-refractivity contribution in [1.29, 1.82) is 0 Å². The van der Waals surface area contributed by atoms with Gasteiger partial charge in [-0.25, -0.2) is 14.6 Å². The number of carbonyl (C=O) groups is 3. The zero-order valence-corrected chi connectivity index (χ0v) is 22.9. The highest BCUT2D eigenvalue weighted by atomic mass is 16.6. The lowest BCUT2D eigenvalue weighted by Gasteiger charge is -2.21. The first-order valence-electron chi connectivity index (χ1n) is 12.7. The number of benzene rings is 1. The normalized spacial score (nSPS) is 15.8. The number of hydrogen-bond acceptors (Lipinski definition) is 10. The molecule has 0 radical (unpaired) electrons. The molecule has 0 saturated heterocycles. The quantitative estimate of drug-likeness (QED) is 0.353. The van der Waals surface area contributed by atoms with Crippen molar-refractivity contribution in [3.8, 4) is 17.1 Å². The first-order valence-corrected chi connectivity index (χ1v) is 12.7. The van der Waals surface area contributed by atoms with Crippen molar-refractivity contribution in [3.05, 3.63) is 56.9 Å².